The van der Waals surface area contributed by atoms with E-state index >= 15 is 0 Å². The highest BCUT2D eigenvalue weighted by molar-refractivity contribution is 7.99. The van der Waals surface area contributed by atoms with Gasteiger partial charge in [0.25, 0.3) is 0 Å². The van der Waals surface area contributed by atoms with E-state index in [4.69, 9.17) is 4.74 Å². The van der Waals surface area contributed by atoms with Crippen LogP contribution in [0.4, 0.5) is 5.13 Å². The van der Waals surface area contributed by atoms with Crippen molar-refractivity contribution < 1.29 is 9.53 Å². The number of nitrogens with one attached hydrogen (secondary N) is 1. The molecule has 19 heavy (non-hydrogen) atoms. The zero-order valence-electron chi connectivity index (χ0n) is 11.6. The summed E-state index contributed by atoms with van der Waals surface area (Å²) in [5.41, 5.74) is 0.438. The maximum absolute atomic E-state index is 11.5. The summed E-state index contributed by atoms with van der Waals surface area (Å²) in [6.45, 7) is 4.10. The van der Waals surface area contributed by atoms with Crippen LogP contribution in [0.25, 0.3) is 0 Å². The largest absolute Gasteiger partial charge is 0.464 e. The zero-order valence-corrected chi connectivity index (χ0v) is 13.2. The highest BCUT2D eigenvalue weighted by atomic mass is 32.2. The van der Waals surface area contributed by atoms with Gasteiger partial charge in [-0.05, 0) is 25.5 Å². The molecular weight excluding hydrogens is 280 g/mol. The Balaban J connectivity index is 2.05. The van der Waals surface area contributed by atoms with Gasteiger partial charge in [0.1, 0.15) is 0 Å². The molecule has 4 nitrogen and oxygen atoms in total. The Morgan fingerprint density at radius 3 is 3.05 bits per heavy atom. The maximum Gasteiger partial charge on any atom is 0.357 e. The predicted molar refractivity (Wildman–Crippen MR) is 81.4 cm³/mol. The smallest absolute Gasteiger partial charge is 0.357 e. The Bertz CT molecular complexity index is 448. The van der Waals surface area contributed by atoms with Gasteiger partial charge in [-0.15, -0.1) is 11.3 Å². The van der Waals surface area contributed by atoms with Crippen molar-refractivity contribution in [3.05, 3.63) is 10.6 Å². The summed E-state index contributed by atoms with van der Waals surface area (Å²) in [6, 6.07) is 0.473. The molecule has 1 saturated carbocycles. The molecule has 1 heterocycles. The third-order valence-electron chi connectivity index (χ3n) is 3.32. The van der Waals surface area contributed by atoms with Gasteiger partial charge in [0.2, 0.25) is 0 Å². The second-order valence-corrected chi connectivity index (χ2v) is 7.31. The van der Waals surface area contributed by atoms with Crippen LogP contribution < -0.4 is 5.32 Å². The van der Waals surface area contributed by atoms with Crippen LogP contribution in [0.1, 0.15) is 41.6 Å². The fourth-order valence-electron chi connectivity index (χ4n) is 2.41. The lowest BCUT2D eigenvalue weighted by molar-refractivity contribution is 0.0594. The quantitative estimate of drug-likeness (QED) is 0.845. The number of methoxy groups -OCH3 is 1. The number of rotatable bonds is 5. The lowest BCUT2D eigenvalue weighted by atomic mass is 10.2. The number of thiazole rings is 1. The van der Waals surface area contributed by atoms with Crippen LogP contribution in [0.5, 0.6) is 0 Å². The topological polar surface area (TPSA) is 51.2 Å². The molecule has 106 valence electrons. The van der Waals surface area contributed by atoms with Gasteiger partial charge in [0, 0.05) is 16.2 Å². The molecule has 2 unspecified atom stereocenters. The van der Waals surface area contributed by atoms with Crippen LogP contribution in [-0.4, -0.2) is 35.1 Å². The molecule has 1 aromatic rings. The van der Waals surface area contributed by atoms with E-state index in [1.807, 2.05) is 18.7 Å². The van der Waals surface area contributed by atoms with Gasteiger partial charge < -0.3 is 10.1 Å². The molecule has 1 aromatic heterocycles. The first-order chi connectivity index (χ1) is 9.15. The normalized spacial score (nSPS) is 22.5. The Kier molecular flexibility index (Phi) is 5.10. The average Bonchev–Trinajstić information content (AvgIpc) is 2.97. The van der Waals surface area contributed by atoms with E-state index in [2.05, 4.69) is 17.2 Å². The number of carbonyl (C=O) groups excluding carboxylic acids is 1. The minimum Gasteiger partial charge on any atom is -0.464 e. The third kappa shape index (κ3) is 3.42. The zero-order chi connectivity index (χ0) is 13.8. The first kappa shape index (κ1) is 14.7. The van der Waals surface area contributed by atoms with Crippen LogP contribution in [0.3, 0.4) is 0 Å². The molecule has 1 aliphatic carbocycles. The molecule has 1 fully saturated rings. The Morgan fingerprint density at radius 1 is 1.58 bits per heavy atom. The first-order valence-corrected chi connectivity index (χ1v) is 8.46. The van der Waals surface area contributed by atoms with Crippen molar-refractivity contribution >= 4 is 34.2 Å². The average molecular weight is 300 g/mol. The Morgan fingerprint density at radius 2 is 2.37 bits per heavy atom. The molecule has 1 aliphatic rings. The van der Waals surface area contributed by atoms with E-state index in [1.54, 1.807) is 0 Å². The summed E-state index contributed by atoms with van der Waals surface area (Å²) in [5.74, 6) is 0.792. The molecule has 6 heteroatoms. The highest BCUT2D eigenvalue weighted by Crippen LogP contribution is 2.33. The van der Waals surface area contributed by atoms with Crippen molar-refractivity contribution in [2.24, 2.45) is 0 Å². The number of ether oxygens (including phenoxy) is 1. The number of aryl methyl sites for hydroxylation is 1. The lowest BCUT2D eigenvalue weighted by Crippen LogP contribution is -2.26. The molecule has 0 bridgehead atoms. The fraction of sp³-hybridized carbons (Fsp3) is 0.692. The van der Waals surface area contributed by atoms with Gasteiger partial charge >= 0.3 is 5.97 Å². The van der Waals surface area contributed by atoms with Crippen molar-refractivity contribution in [2.75, 3.05) is 18.2 Å². The summed E-state index contributed by atoms with van der Waals surface area (Å²) in [7, 11) is 1.39. The van der Waals surface area contributed by atoms with Crippen LogP contribution >= 0.6 is 23.1 Å². The highest BCUT2D eigenvalue weighted by Gasteiger charge is 2.28. The monoisotopic (exact) mass is 300 g/mol. The van der Waals surface area contributed by atoms with Gasteiger partial charge in [-0.1, -0.05) is 13.3 Å². The predicted octanol–water partition coefficient (Wildman–Crippen LogP) is 3.32. The van der Waals surface area contributed by atoms with E-state index < -0.39 is 0 Å². The molecule has 0 radical (unpaired) electrons. The summed E-state index contributed by atoms with van der Waals surface area (Å²) in [6.07, 6.45) is 3.72. The van der Waals surface area contributed by atoms with Crippen molar-refractivity contribution in [2.45, 2.75) is 44.4 Å². The summed E-state index contributed by atoms with van der Waals surface area (Å²) in [5, 5.41) is 5.00. The number of anilines is 1. The Labute approximate surface area is 122 Å². The van der Waals surface area contributed by atoms with E-state index in [9.17, 15) is 4.79 Å². The van der Waals surface area contributed by atoms with E-state index in [1.165, 1.54) is 37.7 Å². The molecular formula is C13H20N2O2S2. The van der Waals surface area contributed by atoms with E-state index in [0.29, 0.717) is 17.0 Å². The van der Waals surface area contributed by atoms with Gasteiger partial charge in [-0.2, -0.15) is 11.8 Å². The standard InChI is InChI=1S/C13H20N2O2S2/c1-4-18-10-7-5-6-9(10)14-13-15-11(8(2)19-13)12(16)17-3/h9-10H,4-7H2,1-3H3,(H,14,15). The van der Waals surface area contributed by atoms with Gasteiger partial charge in [-0.25, -0.2) is 9.78 Å². The van der Waals surface area contributed by atoms with Crippen molar-refractivity contribution in [3.8, 4) is 0 Å². The molecule has 0 saturated heterocycles. The van der Waals surface area contributed by atoms with Crippen LogP contribution in [0, 0.1) is 6.92 Å². The number of hydrogen-bond acceptors (Lipinski definition) is 6. The number of carbonyl (C=O) groups is 1. The summed E-state index contributed by atoms with van der Waals surface area (Å²) in [4.78, 5) is 16.8. The summed E-state index contributed by atoms with van der Waals surface area (Å²) < 4.78 is 4.73. The lowest BCUT2D eigenvalue weighted by Gasteiger charge is -2.19. The Hall–Kier alpha value is -0.750. The molecule has 0 aromatic carbocycles. The van der Waals surface area contributed by atoms with Gasteiger partial charge in [0.05, 0.1) is 7.11 Å². The second kappa shape index (κ2) is 6.61. The van der Waals surface area contributed by atoms with Crippen molar-refractivity contribution in [1.82, 2.24) is 4.98 Å². The SMILES string of the molecule is CCSC1CCCC1Nc1nc(C(=O)OC)c(C)s1. The third-order valence-corrected chi connectivity index (χ3v) is 5.55. The van der Waals surface area contributed by atoms with Crippen molar-refractivity contribution in [3.63, 3.8) is 0 Å². The van der Waals surface area contributed by atoms with Crippen molar-refractivity contribution in [1.29, 1.82) is 0 Å². The van der Waals surface area contributed by atoms with Crippen LogP contribution in [0.2, 0.25) is 0 Å². The van der Waals surface area contributed by atoms with E-state index in [0.717, 1.165) is 15.8 Å². The molecule has 0 spiro atoms. The minimum atomic E-state index is -0.354. The number of thioether (sulfide) groups is 1. The molecule has 1 N–H and O–H groups in total. The summed E-state index contributed by atoms with van der Waals surface area (Å²) >= 11 is 3.54. The maximum atomic E-state index is 11.5. The minimum absolute atomic E-state index is 0.354. The van der Waals surface area contributed by atoms with Gasteiger partial charge in [-0.3, -0.25) is 0 Å². The number of aromatic nitrogens is 1. The number of esters is 1. The van der Waals surface area contributed by atoms with Gasteiger partial charge in [0.15, 0.2) is 10.8 Å². The molecule has 0 aliphatic heterocycles. The number of hydrogen-bond donors (Lipinski definition) is 1. The molecule has 2 rings (SSSR count). The van der Waals surface area contributed by atoms with E-state index in [-0.39, 0.29) is 5.97 Å². The van der Waals surface area contributed by atoms with Crippen LogP contribution in [0.15, 0.2) is 0 Å². The first-order valence-electron chi connectivity index (χ1n) is 6.59. The second-order valence-electron chi connectivity index (χ2n) is 4.59. The number of nitrogens with zero attached hydrogens (tertiary/aromatic N) is 1. The van der Waals surface area contributed by atoms with Crippen LogP contribution in [-0.2, 0) is 4.74 Å². The fourth-order valence-corrected chi connectivity index (χ4v) is 4.47. The molecule has 0 amide bonds. The molecule has 2 atom stereocenters.